The Hall–Kier alpha value is -4.62. The molecule has 152 valence electrons. The Morgan fingerprint density at radius 1 is 1.27 bits per heavy atom. The van der Waals surface area contributed by atoms with Gasteiger partial charge in [-0.05, 0) is 23.3 Å². The highest BCUT2D eigenvalue weighted by Crippen LogP contribution is 2.38. The lowest BCUT2D eigenvalue weighted by Crippen LogP contribution is -2.07. The molecule has 4 N–H and O–H groups in total. The number of anilines is 1. The molecule has 0 saturated heterocycles. The summed E-state index contributed by atoms with van der Waals surface area (Å²) in [6.07, 6.45) is 0. The number of carbonyl (C=O) groups is 2. The monoisotopic (exact) mass is 411 g/mol. The molecule has 0 aliphatic heterocycles. The first-order valence-corrected chi connectivity index (χ1v) is 8.37. The second-order valence-electron chi connectivity index (χ2n) is 6.08. The van der Waals surface area contributed by atoms with Crippen LogP contribution in [-0.2, 0) is 11.3 Å². The molecule has 0 spiro atoms. The highest BCUT2D eigenvalue weighted by Gasteiger charge is 2.22. The number of nitrogen functional groups attached to an aromatic ring is 1. The first-order valence-electron chi connectivity index (χ1n) is 8.37. The van der Waals surface area contributed by atoms with Crippen LogP contribution in [0.2, 0.25) is 0 Å². The number of hydrogen-bond donors (Lipinski definition) is 3. The van der Waals surface area contributed by atoms with Gasteiger partial charge in [0.15, 0.2) is 11.4 Å². The van der Waals surface area contributed by atoms with Crippen LogP contribution < -0.4 is 5.73 Å². The van der Waals surface area contributed by atoms with Crippen molar-refractivity contribution in [3.05, 3.63) is 35.7 Å². The maximum atomic E-state index is 12.5. The van der Waals surface area contributed by atoms with Gasteiger partial charge in [0.25, 0.3) is 0 Å². The van der Waals surface area contributed by atoms with E-state index >= 15 is 0 Å². The topological polar surface area (TPSA) is 200 Å². The predicted molar refractivity (Wildman–Crippen MR) is 98.4 cm³/mol. The summed E-state index contributed by atoms with van der Waals surface area (Å²) in [5.41, 5.74) is 6.13. The van der Waals surface area contributed by atoms with Crippen LogP contribution in [0.1, 0.15) is 16.2 Å². The van der Waals surface area contributed by atoms with Crippen molar-refractivity contribution in [3.63, 3.8) is 0 Å². The maximum Gasteiger partial charge on any atom is 0.323 e. The molecule has 30 heavy (non-hydrogen) atoms. The number of aromatic nitrogens is 6. The lowest BCUT2D eigenvalue weighted by molar-refractivity contribution is -0.137. The van der Waals surface area contributed by atoms with E-state index < -0.39 is 24.3 Å². The molecule has 0 aliphatic carbocycles. The van der Waals surface area contributed by atoms with Gasteiger partial charge in [0, 0.05) is 5.39 Å². The molecule has 4 aromatic rings. The van der Waals surface area contributed by atoms with Crippen LogP contribution in [0.15, 0.2) is 39.1 Å². The molecule has 0 bridgehead atoms. The van der Waals surface area contributed by atoms with Crippen molar-refractivity contribution in [2.75, 3.05) is 5.73 Å². The summed E-state index contributed by atoms with van der Waals surface area (Å²) in [6, 6.07) is 6.59. The zero-order valence-corrected chi connectivity index (χ0v) is 15.3. The smallest absolute Gasteiger partial charge is 0.323 e. The van der Waals surface area contributed by atoms with Crippen molar-refractivity contribution in [3.8, 4) is 11.7 Å². The molecule has 0 unspecified atom stereocenters. The van der Waals surface area contributed by atoms with Gasteiger partial charge in [0.1, 0.15) is 6.54 Å². The number of benzene rings is 1. The van der Waals surface area contributed by atoms with E-state index in [2.05, 4.69) is 35.5 Å². The Morgan fingerprint density at radius 3 is 2.73 bits per heavy atom. The summed E-state index contributed by atoms with van der Waals surface area (Å²) in [5, 5.41) is 41.9. The molecule has 0 radical (unpaired) electrons. The fourth-order valence-corrected chi connectivity index (χ4v) is 2.87. The van der Waals surface area contributed by atoms with Crippen LogP contribution >= 0.6 is 0 Å². The quantitative estimate of drug-likeness (QED) is 0.401. The SMILES string of the molecule is Cc1c(C(=O)N=Nc2c(O)n(CC(=O)O)c3ccccc23)nnn1-c1nonc1N. The van der Waals surface area contributed by atoms with Crippen LogP contribution in [0.3, 0.4) is 0 Å². The van der Waals surface area contributed by atoms with E-state index in [0.717, 1.165) is 9.25 Å². The molecule has 0 fully saturated rings. The predicted octanol–water partition coefficient (Wildman–Crippen LogP) is 1.21. The maximum absolute atomic E-state index is 12.5. The number of aromatic hydroxyl groups is 1. The highest BCUT2D eigenvalue weighted by atomic mass is 16.6. The highest BCUT2D eigenvalue weighted by molar-refractivity contribution is 5.97. The average molecular weight is 411 g/mol. The molecule has 1 aromatic carbocycles. The molecule has 0 atom stereocenters. The zero-order valence-electron chi connectivity index (χ0n) is 15.3. The van der Waals surface area contributed by atoms with Crippen molar-refractivity contribution in [2.24, 2.45) is 10.2 Å². The first-order chi connectivity index (χ1) is 14.4. The van der Waals surface area contributed by atoms with Crippen molar-refractivity contribution in [2.45, 2.75) is 13.5 Å². The Kier molecular flexibility index (Phi) is 4.42. The Balaban J connectivity index is 1.70. The fraction of sp³-hybridized carbons (Fsp3) is 0.125. The van der Waals surface area contributed by atoms with Crippen LogP contribution in [0, 0.1) is 6.92 Å². The molecule has 1 amide bonds. The number of hydrogen-bond acceptors (Lipinski definition) is 10. The van der Waals surface area contributed by atoms with Crippen molar-refractivity contribution in [1.29, 1.82) is 0 Å². The molecule has 4 rings (SSSR count). The van der Waals surface area contributed by atoms with Gasteiger partial charge in [0.05, 0.1) is 11.2 Å². The number of fused-ring (bicyclic) bond motifs is 1. The van der Waals surface area contributed by atoms with Crippen LogP contribution in [-0.4, -0.2) is 52.0 Å². The summed E-state index contributed by atoms with van der Waals surface area (Å²) in [5.74, 6) is -2.41. The van der Waals surface area contributed by atoms with E-state index in [-0.39, 0.29) is 28.7 Å². The Morgan fingerprint density at radius 2 is 2.03 bits per heavy atom. The Labute approximate surface area is 166 Å². The first kappa shape index (κ1) is 18.7. The van der Waals surface area contributed by atoms with Crippen molar-refractivity contribution >= 4 is 34.3 Å². The normalized spacial score (nSPS) is 11.5. The number of nitrogens with two attached hydrogens (primary N) is 1. The second kappa shape index (κ2) is 7.08. The van der Waals surface area contributed by atoms with Gasteiger partial charge in [-0.3, -0.25) is 14.2 Å². The molecule has 3 heterocycles. The number of para-hydroxylation sites is 1. The molecule has 14 nitrogen and oxygen atoms in total. The molecule has 0 saturated carbocycles. The van der Waals surface area contributed by atoms with Crippen molar-refractivity contribution < 1.29 is 24.4 Å². The summed E-state index contributed by atoms with van der Waals surface area (Å²) in [7, 11) is 0. The van der Waals surface area contributed by atoms with E-state index in [1.165, 1.54) is 6.92 Å². The zero-order chi connectivity index (χ0) is 21.4. The lowest BCUT2D eigenvalue weighted by atomic mass is 10.2. The minimum Gasteiger partial charge on any atom is -0.493 e. The van der Waals surface area contributed by atoms with Crippen LogP contribution in [0.5, 0.6) is 5.88 Å². The summed E-state index contributed by atoms with van der Waals surface area (Å²) in [6.45, 7) is 1.05. The summed E-state index contributed by atoms with van der Waals surface area (Å²) in [4.78, 5) is 23.6. The molecular weight excluding hydrogens is 398 g/mol. The summed E-state index contributed by atoms with van der Waals surface area (Å²) < 4.78 is 6.81. The van der Waals surface area contributed by atoms with E-state index in [4.69, 9.17) is 10.8 Å². The lowest BCUT2D eigenvalue weighted by Gasteiger charge is -2.02. The summed E-state index contributed by atoms with van der Waals surface area (Å²) >= 11 is 0. The third kappa shape index (κ3) is 3.01. The number of azo groups is 1. The van der Waals surface area contributed by atoms with Gasteiger partial charge in [-0.25, -0.2) is 4.63 Å². The van der Waals surface area contributed by atoms with Gasteiger partial charge in [-0.15, -0.1) is 15.3 Å². The molecular formula is C16H13N9O5. The third-order valence-electron chi connectivity index (χ3n) is 4.24. The largest absolute Gasteiger partial charge is 0.493 e. The number of aliphatic carboxylic acids is 1. The fourth-order valence-electron chi connectivity index (χ4n) is 2.87. The van der Waals surface area contributed by atoms with E-state index in [1.54, 1.807) is 24.3 Å². The number of carbonyl (C=O) groups excluding carboxylic acids is 1. The minimum absolute atomic E-state index is 0.0419. The molecule has 3 aromatic heterocycles. The number of rotatable bonds is 5. The van der Waals surface area contributed by atoms with Gasteiger partial charge in [-0.1, -0.05) is 23.4 Å². The number of carboxylic acids is 1. The molecule has 0 aliphatic rings. The van der Waals surface area contributed by atoms with Crippen molar-refractivity contribution in [1.82, 2.24) is 29.9 Å². The Bertz CT molecular complexity index is 1320. The van der Waals surface area contributed by atoms with Gasteiger partial charge >= 0.3 is 11.9 Å². The van der Waals surface area contributed by atoms with Gasteiger partial charge in [0.2, 0.25) is 17.5 Å². The van der Waals surface area contributed by atoms with E-state index in [1.807, 2.05) is 0 Å². The average Bonchev–Trinajstić information content (AvgIpc) is 3.37. The van der Waals surface area contributed by atoms with Gasteiger partial charge in [-0.2, -0.15) is 4.68 Å². The minimum atomic E-state index is -1.15. The van der Waals surface area contributed by atoms with Crippen LogP contribution in [0.25, 0.3) is 16.7 Å². The third-order valence-corrected chi connectivity index (χ3v) is 4.24. The standard InChI is InChI=1S/C16H13N9O5/c1-7-11(19-23-25(7)14-13(17)21-30-22-14)15(28)20-18-12-8-4-2-3-5-9(8)24(16(12)29)6-10(26)27/h2-5,29H,6H2,1H3,(H2,17,21)(H,26,27). The number of amides is 1. The van der Waals surface area contributed by atoms with E-state index in [0.29, 0.717) is 10.9 Å². The van der Waals surface area contributed by atoms with Crippen LogP contribution in [0.4, 0.5) is 11.5 Å². The van der Waals surface area contributed by atoms with E-state index in [9.17, 15) is 14.7 Å². The number of nitrogens with zero attached hydrogens (tertiary/aromatic N) is 8. The number of carboxylic acid groups (broad SMARTS) is 1. The molecule has 14 heteroatoms. The second-order valence-corrected chi connectivity index (χ2v) is 6.08. The van der Waals surface area contributed by atoms with Gasteiger partial charge < -0.3 is 15.9 Å².